The van der Waals surface area contributed by atoms with Gasteiger partial charge in [-0.3, -0.25) is 9.69 Å². The normalized spacial score (nSPS) is 22.8. The van der Waals surface area contributed by atoms with Gasteiger partial charge in [0.2, 0.25) is 5.88 Å². The zero-order valence-corrected chi connectivity index (χ0v) is 7.55. The van der Waals surface area contributed by atoms with Crippen LogP contribution in [0.5, 0.6) is 0 Å². The van der Waals surface area contributed by atoms with E-state index >= 15 is 0 Å². The van der Waals surface area contributed by atoms with Crippen molar-refractivity contribution in [3.8, 4) is 0 Å². The number of carbonyl (C=O) groups is 1. The summed E-state index contributed by atoms with van der Waals surface area (Å²) in [6.07, 6.45) is 1.18. The minimum Gasteiger partial charge on any atom is -0.448 e. The zero-order valence-electron chi connectivity index (χ0n) is 7.55. The fraction of sp³-hybridized carbons (Fsp3) is 0.444. The highest BCUT2D eigenvalue weighted by Crippen LogP contribution is 2.18. The van der Waals surface area contributed by atoms with E-state index in [1.165, 1.54) is 11.2 Å². The number of morpholine rings is 1. The molecular formula is C9H11NO4. The molecule has 1 fully saturated rings. The van der Waals surface area contributed by atoms with Gasteiger partial charge in [-0.1, -0.05) is 0 Å². The minimum atomic E-state index is -0.321. The van der Waals surface area contributed by atoms with Gasteiger partial charge in [0.05, 0.1) is 25.5 Å². The van der Waals surface area contributed by atoms with E-state index in [0.717, 1.165) is 0 Å². The molecule has 1 saturated heterocycles. The molecule has 5 heteroatoms. The van der Waals surface area contributed by atoms with Gasteiger partial charge in [-0.25, -0.2) is 0 Å². The Balaban J connectivity index is 2.13. The number of hydrogen-bond acceptors (Lipinski definition) is 4. The molecule has 1 aliphatic rings. The number of aliphatic hydroxyl groups excluding tert-OH is 1. The second-order valence-corrected chi connectivity index (χ2v) is 3.07. The van der Waals surface area contributed by atoms with Crippen molar-refractivity contribution in [3.05, 3.63) is 18.4 Å². The van der Waals surface area contributed by atoms with Crippen LogP contribution >= 0.6 is 0 Å². The number of ether oxygens (including phenoxy) is 1. The molecule has 0 radical (unpaired) electrons. The van der Waals surface area contributed by atoms with Crippen LogP contribution in [0, 0.1) is 0 Å². The number of anilines is 1. The van der Waals surface area contributed by atoms with Crippen LogP contribution in [-0.4, -0.2) is 36.9 Å². The molecule has 0 bridgehead atoms. The van der Waals surface area contributed by atoms with Crippen LogP contribution < -0.4 is 4.90 Å². The zero-order chi connectivity index (χ0) is 9.97. The van der Waals surface area contributed by atoms with Crippen molar-refractivity contribution in [3.63, 3.8) is 0 Å². The van der Waals surface area contributed by atoms with Gasteiger partial charge in [0.1, 0.15) is 6.61 Å². The molecule has 0 spiro atoms. The lowest BCUT2D eigenvalue weighted by molar-refractivity contribution is -0.130. The van der Waals surface area contributed by atoms with Gasteiger partial charge in [-0.15, -0.1) is 0 Å². The molecule has 0 aliphatic carbocycles. The van der Waals surface area contributed by atoms with E-state index in [-0.39, 0.29) is 25.2 Å². The fourth-order valence-electron chi connectivity index (χ4n) is 1.37. The van der Waals surface area contributed by atoms with Crippen LogP contribution in [0.1, 0.15) is 0 Å². The summed E-state index contributed by atoms with van der Waals surface area (Å²) >= 11 is 0. The molecule has 14 heavy (non-hydrogen) atoms. The highest BCUT2D eigenvalue weighted by Gasteiger charge is 2.28. The second-order valence-electron chi connectivity index (χ2n) is 3.07. The first kappa shape index (κ1) is 9.23. The van der Waals surface area contributed by atoms with Gasteiger partial charge in [0.15, 0.2) is 0 Å². The number of hydrogen-bond donors (Lipinski definition) is 1. The molecule has 1 aromatic heterocycles. The molecule has 2 rings (SSSR count). The van der Waals surface area contributed by atoms with Crippen molar-refractivity contribution in [2.75, 3.05) is 24.7 Å². The summed E-state index contributed by atoms with van der Waals surface area (Å²) in [5.41, 5.74) is 0. The Labute approximate surface area is 80.9 Å². The van der Waals surface area contributed by atoms with E-state index in [0.29, 0.717) is 12.4 Å². The Morgan fingerprint density at radius 1 is 1.64 bits per heavy atom. The Kier molecular flexibility index (Phi) is 2.51. The smallest absolute Gasteiger partial charge is 0.255 e. The summed E-state index contributed by atoms with van der Waals surface area (Å²) < 4.78 is 10.2. The first-order valence-corrected chi connectivity index (χ1v) is 4.37. The predicted octanol–water partition coefficient (Wildman–Crippen LogP) is 0.00370. The highest BCUT2D eigenvalue weighted by atomic mass is 16.5. The lowest BCUT2D eigenvalue weighted by atomic mass is 10.3. The maximum atomic E-state index is 11.4. The fourth-order valence-corrected chi connectivity index (χ4v) is 1.37. The number of carbonyl (C=O) groups excluding carboxylic acids is 1. The highest BCUT2D eigenvalue weighted by molar-refractivity contribution is 5.93. The lowest BCUT2D eigenvalue weighted by Crippen LogP contribution is -2.47. The van der Waals surface area contributed by atoms with Gasteiger partial charge < -0.3 is 14.3 Å². The van der Waals surface area contributed by atoms with Crippen LogP contribution in [0.15, 0.2) is 22.8 Å². The first-order valence-electron chi connectivity index (χ1n) is 4.37. The average molecular weight is 197 g/mol. The third kappa shape index (κ3) is 1.64. The monoisotopic (exact) mass is 197 g/mol. The summed E-state index contributed by atoms with van der Waals surface area (Å²) in [6.45, 7) is 0.235. The van der Waals surface area contributed by atoms with E-state index in [4.69, 9.17) is 14.3 Å². The van der Waals surface area contributed by atoms with Gasteiger partial charge in [-0.2, -0.15) is 0 Å². The molecule has 5 nitrogen and oxygen atoms in total. The second kappa shape index (κ2) is 3.81. The third-order valence-electron chi connectivity index (χ3n) is 2.11. The molecule has 1 N–H and O–H groups in total. The molecule has 1 aliphatic heterocycles. The summed E-state index contributed by atoms with van der Waals surface area (Å²) in [5.74, 6) is 0.349. The quantitative estimate of drug-likeness (QED) is 0.725. The summed E-state index contributed by atoms with van der Waals surface area (Å²) in [7, 11) is 0. The Hall–Kier alpha value is -1.33. The van der Waals surface area contributed by atoms with E-state index in [1.54, 1.807) is 12.1 Å². The average Bonchev–Trinajstić information content (AvgIpc) is 2.71. The SMILES string of the molecule is O=C1COC(CO)CN1c1ccco1. The molecule has 1 aromatic rings. The van der Waals surface area contributed by atoms with Crippen molar-refractivity contribution in [2.24, 2.45) is 0 Å². The van der Waals surface area contributed by atoms with Crippen LogP contribution in [0.25, 0.3) is 0 Å². The van der Waals surface area contributed by atoms with Gasteiger partial charge in [-0.05, 0) is 6.07 Å². The molecule has 0 aromatic carbocycles. The minimum absolute atomic E-state index is 0.00801. The van der Waals surface area contributed by atoms with Crippen molar-refractivity contribution in [1.29, 1.82) is 0 Å². The summed E-state index contributed by atoms with van der Waals surface area (Å²) in [5, 5.41) is 8.90. The molecule has 76 valence electrons. The molecule has 2 heterocycles. The van der Waals surface area contributed by atoms with Crippen molar-refractivity contribution >= 4 is 11.8 Å². The lowest BCUT2D eigenvalue weighted by Gasteiger charge is -2.29. The Bertz CT molecular complexity index is 309. The van der Waals surface area contributed by atoms with E-state index in [2.05, 4.69) is 0 Å². The van der Waals surface area contributed by atoms with Gasteiger partial charge in [0, 0.05) is 6.07 Å². The van der Waals surface area contributed by atoms with Crippen LogP contribution in [0.2, 0.25) is 0 Å². The van der Waals surface area contributed by atoms with E-state index in [9.17, 15) is 4.79 Å². The molecule has 1 amide bonds. The molecular weight excluding hydrogens is 186 g/mol. The molecule has 0 saturated carbocycles. The first-order chi connectivity index (χ1) is 6.81. The number of rotatable bonds is 2. The van der Waals surface area contributed by atoms with Crippen LogP contribution in [0.3, 0.4) is 0 Å². The number of nitrogens with zero attached hydrogens (tertiary/aromatic N) is 1. The maximum Gasteiger partial charge on any atom is 0.255 e. The summed E-state index contributed by atoms with van der Waals surface area (Å²) in [6, 6.07) is 3.42. The van der Waals surface area contributed by atoms with Crippen molar-refractivity contribution in [2.45, 2.75) is 6.10 Å². The van der Waals surface area contributed by atoms with E-state index < -0.39 is 0 Å². The topological polar surface area (TPSA) is 62.9 Å². The summed E-state index contributed by atoms with van der Waals surface area (Å²) in [4.78, 5) is 12.9. The van der Waals surface area contributed by atoms with E-state index in [1.807, 2.05) is 0 Å². The van der Waals surface area contributed by atoms with Gasteiger partial charge >= 0.3 is 0 Å². The van der Waals surface area contributed by atoms with Crippen molar-refractivity contribution in [1.82, 2.24) is 0 Å². The maximum absolute atomic E-state index is 11.4. The standard InChI is InChI=1S/C9H11NO4/c11-5-7-4-10(8(12)6-14-7)9-2-1-3-13-9/h1-3,7,11H,4-6H2. The predicted molar refractivity (Wildman–Crippen MR) is 47.9 cm³/mol. The largest absolute Gasteiger partial charge is 0.448 e. The van der Waals surface area contributed by atoms with Crippen LogP contribution in [-0.2, 0) is 9.53 Å². The van der Waals surface area contributed by atoms with Crippen LogP contribution in [0.4, 0.5) is 5.88 Å². The molecule has 1 unspecified atom stereocenters. The Morgan fingerprint density at radius 2 is 2.50 bits per heavy atom. The molecule has 1 atom stereocenters. The Morgan fingerprint density at radius 3 is 3.14 bits per heavy atom. The number of furan rings is 1. The van der Waals surface area contributed by atoms with Gasteiger partial charge in [0.25, 0.3) is 5.91 Å². The number of amides is 1. The third-order valence-corrected chi connectivity index (χ3v) is 2.11. The van der Waals surface area contributed by atoms with Crippen molar-refractivity contribution < 1.29 is 19.1 Å². The number of aliphatic hydroxyl groups is 1.